The molecule has 1 saturated heterocycles. The van der Waals surface area contributed by atoms with Crippen LogP contribution >= 0.6 is 0 Å². The minimum atomic E-state index is -0.0318. The van der Waals surface area contributed by atoms with Gasteiger partial charge in [0.25, 0.3) is 0 Å². The smallest absolute Gasteiger partial charge is 0.240 e. The average molecular weight is 262 g/mol. The van der Waals surface area contributed by atoms with Crippen LogP contribution in [0.15, 0.2) is 24.3 Å². The largest absolute Gasteiger partial charge is 0.497 e. The Labute approximate surface area is 114 Å². The van der Waals surface area contributed by atoms with Crippen LogP contribution in [0.25, 0.3) is 0 Å². The van der Waals surface area contributed by atoms with E-state index in [0.29, 0.717) is 12.5 Å². The second-order valence-corrected chi connectivity index (χ2v) is 5.24. The van der Waals surface area contributed by atoms with E-state index in [1.807, 2.05) is 31.3 Å². The fraction of sp³-hybridized carbons (Fsp3) is 0.533. The molecule has 0 spiro atoms. The Hall–Kier alpha value is -1.55. The zero-order chi connectivity index (χ0) is 13.8. The summed E-state index contributed by atoms with van der Waals surface area (Å²) in [6.45, 7) is 3.67. The van der Waals surface area contributed by atoms with E-state index in [-0.39, 0.29) is 11.9 Å². The molecule has 4 heteroatoms. The molecule has 0 aromatic heterocycles. The highest BCUT2D eigenvalue weighted by atomic mass is 16.5. The van der Waals surface area contributed by atoms with Crippen molar-refractivity contribution in [3.05, 3.63) is 29.8 Å². The van der Waals surface area contributed by atoms with Crippen molar-refractivity contribution in [2.75, 3.05) is 20.7 Å². The summed E-state index contributed by atoms with van der Waals surface area (Å²) in [4.78, 5) is 14.1. The molecule has 19 heavy (non-hydrogen) atoms. The maximum atomic E-state index is 12.3. The van der Waals surface area contributed by atoms with Gasteiger partial charge in [-0.1, -0.05) is 19.1 Å². The Kier molecular flexibility index (Phi) is 4.43. The van der Waals surface area contributed by atoms with Gasteiger partial charge in [0, 0.05) is 13.6 Å². The number of nitrogens with zero attached hydrogens (tertiary/aromatic N) is 1. The number of amides is 1. The number of benzene rings is 1. The van der Waals surface area contributed by atoms with E-state index in [1.165, 1.54) is 0 Å². The Morgan fingerprint density at radius 1 is 1.53 bits per heavy atom. The maximum absolute atomic E-state index is 12.3. The number of hydrogen-bond donors (Lipinski definition) is 1. The summed E-state index contributed by atoms with van der Waals surface area (Å²) >= 11 is 0. The summed E-state index contributed by atoms with van der Waals surface area (Å²) in [5, 5.41) is 3.28. The van der Waals surface area contributed by atoms with Gasteiger partial charge in [-0.15, -0.1) is 0 Å². The first-order chi connectivity index (χ1) is 9.11. The summed E-state index contributed by atoms with van der Waals surface area (Å²) in [6.07, 6.45) is 1.07. The molecule has 2 rings (SSSR count). The zero-order valence-electron chi connectivity index (χ0n) is 11.8. The molecule has 0 saturated carbocycles. The molecular formula is C15H22N2O2. The van der Waals surface area contributed by atoms with Gasteiger partial charge in [-0.3, -0.25) is 4.79 Å². The van der Waals surface area contributed by atoms with Gasteiger partial charge in [-0.05, 0) is 36.6 Å². The molecule has 1 aliphatic rings. The summed E-state index contributed by atoms with van der Waals surface area (Å²) < 4.78 is 5.20. The number of carbonyl (C=O) groups excluding carboxylic acids is 1. The average Bonchev–Trinajstić information content (AvgIpc) is 2.84. The van der Waals surface area contributed by atoms with Crippen molar-refractivity contribution in [3.63, 3.8) is 0 Å². The van der Waals surface area contributed by atoms with Crippen LogP contribution in [-0.4, -0.2) is 37.6 Å². The fourth-order valence-corrected chi connectivity index (χ4v) is 2.53. The van der Waals surface area contributed by atoms with Crippen LogP contribution in [0.2, 0.25) is 0 Å². The van der Waals surface area contributed by atoms with Gasteiger partial charge >= 0.3 is 0 Å². The van der Waals surface area contributed by atoms with Crippen molar-refractivity contribution in [2.24, 2.45) is 5.92 Å². The highest BCUT2D eigenvalue weighted by Crippen LogP contribution is 2.18. The van der Waals surface area contributed by atoms with Gasteiger partial charge in [0.2, 0.25) is 5.91 Å². The van der Waals surface area contributed by atoms with Crippen molar-refractivity contribution in [1.82, 2.24) is 10.2 Å². The lowest BCUT2D eigenvalue weighted by molar-refractivity contribution is -0.133. The molecule has 1 fully saturated rings. The predicted octanol–water partition coefficient (Wildman–Crippen LogP) is 1.65. The van der Waals surface area contributed by atoms with Crippen molar-refractivity contribution in [1.29, 1.82) is 0 Å². The molecule has 2 atom stereocenters. The van der Waals surface area contributed by atoms with E-state index < -0.39 is 0 Å². The monoisotopic (exact) mass is 262 g/mol. The SMILES string of the molecule is COc1cccc(CN(C)C(=O)C2NCCC2C)c1. The third-order valence-corrected chi connectivity index (χ3v) is 3.73. The summed E-state index contributed by atoms with van der Waals surface area (Å²) in [5.74, 6) is 1.42. The highest BCUT2D eigenvalue weighted by molar-refractivity contribution is 5.82. The van der Waals surface area contributed by atoms with Gasteiger partial charge in [0.1, 0.15) is 5.75 Å². The number of ether oxygens (including phenoxy) is 1. The molecule has 0 bridgehead atoms. The lowest BCUT2D eigenvalue weighted by atomic mass is 10.0. The number of methoxy groups -OCH3 is 1. The van der Waals surface area contributed by atoms with Gasteiger partial charge in [-0.2, -0.15) is 0 Å². The van der Waals surface area contributed by atoms with Crippen LogP contribution in [0.4, 0.5) is 0 Å². The third-order valence-electron chi connectivity index (χ3n) is 3.73. The molecule has 1 heterocycles. The minimum Gasteiger partial charge on any atom is -0.497 e. The van der Waals surface area contributed by atoms with E-state index in [1.54, 1.807) is 12.0 Å². The van der Waals surface area contributed by atoms with Crippen LogP contribution in [0.5, 0.6) is 5.75 Å². The quantitative estimate of drug-likeness (QED) is 0.897. The van der Waals surface area contributed by atoms with E-state index in [9.17, 15) is 4.79 Å². The van der Waals surface area contributed by atoms with Crippen LogP contribution in [0.3, 0.4) is 0 Å². The van der Waals surface area contributed by atoms with Gasteiger partial charge in [0.15, 0.2) is 0 Å². The summed E-state index contributed by atoms with van der Waals surface area (Å²) in [7, 11) is 3.51. The Morgan fingerprint density at radius 3 is 2.95 bits per heavy atom. The highest BCUT2D eigenvalue weighted by Gasteiger charge is 2.31. The Bertz CT molecular complexity index is 448. The second kappa shape index (κ2) is 6.06. The predicted molar refractivity (Wildman–Crippen MR) is 75.0 cm³/mol. The van der Waals surface area contributed by atoms with E-state index in [4.69, 9.17) is 4.74 Å². The normalized spacial score (nSPS) is 22.3. The van der Waals surface area contributed by atoms with Crippen LogP contribution in [0.1, 0.15) is 18.9 Å². The molecule has 0 radical (unpaired) electrons. The molecule has 1 aromatic rings. The fourth-order valence-electron chi connectivity index (χ4n) is 2.53. The first kappa shape index (κ1) is 13.9. The molecule has 1 amide bonds. The number of carbonyl (C=O) groups is 1. The lowest BCUT2D eigenvalue weighted by Crippen LogP contribution is -2.43. The van der Waals surface area contributed by atoms with Gasteiger partial charge < -0.3 is 15.0 Å². The van der Waals surface area contributed by atoms with Gasteiger partial charge in [-0.25, -0.2) is 0 Å². The Morgan fingerprint density at radius 2 is 2.32 bits per heavy atom. The van der Waals surface area contributed by atoms with Crippen LogP contribution in [0, 0.1) is 5.92 Å². The third kappa shape index (κ3) is 3.26. The topological polar surface area (TPSA) is 41.6 Å². The standard InChI is InChI=1S/C15H22N2O2/c1-11-7-8-16-14(11)15(18)17(2)10-12-5-4-6-13(9-12)19-3/h4-6,9,11,14,16H,7-8,10H2,1-3H3. The molecule has 4 nitrogen and oxygen atoms in total. The maximum Gasteiger partial charge on any atom is 0.240 e. The summed E-state index contributed by atoms with van der Waals surface area (Å²) in [5.41, 5.74) is 1.08. The lowest BCUT2D eigenvalue weighted by Gasteiger charge is -2.23. The van der Waals surface area contributed by atoms with E-state index in [0.717, 1.165) is 24.3 Å². The Balaban J connectivity index is 1.99. The molecule has 1 aliphatic heterocycles. The van der Waals surface area contributed by atoms with Gasteiger partial charge in [0.05, 0.1) is 13.2 Å². The number of hydrogen-bond acceptors (Lipinski definition) is 3. The molecule has 104 valence electrons. The molecule has 1 N–H and O–H groups in total. The number of rotatable bonds is 4. The van der Waals surface area contributed by atoms with Crippen LogP contribution < -0.4 is 10.1 Å². The van der Waals surface area contributed by atoms with Crippen molar-refractivity contribution in [3.8, 4) is 5.75 Å². The van der Waals surface area contributed by atoms with Crippen molar-refractivity contribution in [2.45, 2.75) is 25.9 Å². The van der Waals surface area contributed by atoms with E-state index >= 15 is 0 Å². The molecular weight excluding hydrogens is 240 g/mol. The first-order valence-corrected chi connectivity index (χ1v) is 6.73. The summed E-state index contributed by atoms with van der Waals surface area (Å²) in [6, 6.07) is 7.80. The van der Waals surface area contributed by atoms with Crippen LogP contribution in [-0.2, 0) is 11.3 Å². The molecule has 1 aromatic carbocycles. The van der Waals surface area contributed by atoms with E-state index in [2.05, 4.69) is 12.2 Å². The molecule has 2 unspecified atom stereocenters. The number of nitrogens with one attached hydrogen (secondary N) is 1. The minimum absolute atomic E-state index is 0.0318. The number of likely N-dealkylation sites (N-methyl/N-ethyl adjacent to an activating group) is 1. The van der Waals surface area contributed by atoms with Crippen molar-refractivity contribution >= 4 is 5.91 Å². The first-order valence-electron chi connectivity index (χ1n) is 6.73. The second-order valence-electron chi connectivity index (χ2n) is 5.24. The molecule has 0 aliphatic carbocycles. The zero-order valence-corrected chi connectivity index (χ0v) is 11.8. The van der Waals surface area contributed by atoms with Crippen molar-refractivity contribution < 1.29 is 9.53 Å².